The van der Waals surface area contributed by atoms with E-state index in [-0.39, 0.29) is 0 Å². The first-order chi connectivity index (χ1) is 24.8. The number of anilines is 6. The lowest BCUT2D eigenvalue weighted by molar-refractivity contribution is 1.27. The number of para-hydroxylation sites is 4. The Morgan fingerprint density at radius 1 is 0.380 bits per heavy atom. The third-order valence-corrected chi connectivity index (χ3v) is 11.7. The molecule has 0 bridgehead atoms. The van der Waals surface area contributed by atoms with Crippen molar-refractivity contribution in [3.63, 3.8) is 0 Å². The quantitative estimate of drug-likeness (QED) is 0.175. The molecule has 0 spiro atoms. The van der Waals surface area contributed by atoms with E-state index >= 15 is 0 Å². The van der Waals surface area contributed by atoms with Gasteiger partial charge in [-0.3, -0.25) is 4.98 Å². The van der Waals surface area contributed by atoms with Crippen LogP contribution in [0.15, 0.2) is 176 Å². The molecule has 10 aromatic rings. The van der Waals surface area contributed by atoms with Crippen LogP contribution in [0.3, 0.4) is 0 Å². The summed E-state index contributed by atoms with van der Waals surface area (Å²) in [4.78, 5) is 9.74. The molecule has 10 rings (SSSR count). The molecule has 3 nitrogen and oxygen atoms in total. The Hall–Kier alpha value is -6.01. The molecule has 0 unspecified atom stereocenters. The van der Waals surface area contributed by atoms with Gasteiger partial charge < -0.3 is 9.80 Å². The third kappa shape index (κ3) is 4.66. The number of hydrogen-bond donors (Lipinski definition) is 0. The second-order valence-corrected chi connectivity index (χ2v) is 14.5. The van der Waals surface area contributed by atoms with Gasteiger partial charge in [0.25, 0.3) is 0 Å². The van der Waals surface area contributed by atoms with Gasteiger partial charge in [0.2, 0.25) is 0 Å². The van der Waals surface area contributed by atoms with E-state index < -0.39 is 0 Å². The van der Waals surface area contributed by atoms with Crippen molar-refractivity contribution in [1.82, 2.24) is 4.98 Å². The maximum atomic E-state index is 4.89. The molecule has 0 aliphatic rings. The highest BCUT2D eigenvalue weighted by Crippen LogP contribution is 2.51. The third-order valence-electron chi connectivity index (χ3n) is 9.44. The van der Waals surface area contributed by atoms with Crippen LogP contribution in [0.5, 0.6) is 0 Å². The Morgan fingerprint density at radius 2 is 0.960 bits per heavy atom. The molecule has 3 heterocycles. The lowest BCUT2D eigenvalue weighted by Crippen LogP contribution is -2.13. The average molecular weight is 676 g/mol. The van der Waals surface area contributed by atoms with Gasteiger partial charge in [0.05, 0.1) is 26.3 Å². The molecule has 0 fully saturated rings. The van der Waals surface area contributed by atoms with Gasteiger partial charge in [-0.1, -0.05) is 103 Å². The van der Waals surface area contributed by atoms with Crippen LogP contribution in [0, 0.1) is 0 Å². The molecule has 50 heavy (non-hydrogen) atoms. The number of nitrogens with zero attached hydrogens (tertiary/aromatic N) is 3. The van der Waals surface area contributed by atoms with Gasteiger partial charge in [-0.2, -0.15) is 0 Å². The second kappa shape index (κ2) is 11.8. The summed E-state index contributed by atoms with van der Waals surface area (Å²) >= 11 is 3.68. The smallest absolute Gasteiger partial charge is 0.0709 e. The van der Waals surface area contributed by atoms with Crippen LogP contribution in [0.25, 0.3) is 51.2 Å². The van der Waals surface area contributed by atoms with E-state index in [1.807, 2.05) is 28.9 Å². The van der Waals surface area contributed by atoms with Crippen LogP contribution in [0.4, 0.5) is 34.1 Å². The zero-order valence-corrected chi connectivity index (χ0v) is 28.5. The van der Waals surface area contributed by atoms with E-state index in [9.17, 15) is 0 Å². The van der Waals surface area contributed by atoms with E-state index in [0.717, 1.165) is 34.0 Å². The summed E-state index contributed by atoms with van der Waals surface area (Å²) in [5.41, 5.74) is 7.72. The van der Waals surface area contributed by atoms with Crippen molar-refractivity contribution in [2.24, 2.45) is 0 Å². The zero-order valence-electron chi connectivity index (χ0n) is 26.9. The van der Waals surface area contributed by atoms with Crippen molar-refractivity contribution >= 4 is 108 Å². The lowest BCUT2D eigenvalue weighted by Gasteiger charge is -2.30. The monoisotopic (exact) mass is 675 g/mol. The largest absolute Gasteiger partial charge is 0.310 e. The molecule has 0 aliphatic heterocycles. The Kier molecular flexibility index (Phi) is 6.86. The molecular formula is C45H29N3S2. The maximum absolute atomic E-state index is 4.89. The van der Waals surface area contributed by atoms with Gasteiger partial charge in [0.1, 0.15) is 0 Å². The molecule has 0 amide bonds. The van der Waals surface area contributed by atoms with Gasteiger partial charge >= 0.3 is 0 Å². The Morgan fingerprint density at radius 3 is 1.66 bits per heavy atom. The van der Waals surface area contributed by atoms with Crippen molar-refractivity contribution in [3.05, 3.63) is 176 Å². The predicted molar refractivity (Wildman–Crippen MR) is 217 cm³/mol. The number of benzene rings is 7. The van der Waals surface area contributed by atoms with Gasteiger partial charge in [-0.05, 0) is 66.7 Å². The summed E-state index contributed by atoms with van der Waals surface area (Å²) in [5.74, 6) is 0. The number of fused-ring (bicyclic) bond motifs is 8. The SMILES string of the molecule is c1ccc(N(c2cc(N(c3ccccc3)c3ccccc3)c3c(c2)sc2cnc4ccccc4c23)c2cccc3c2sc2ccccc23)cc1. The lowest BCUT2D eigenvalue weighted by atomic mass is 10.0. The zero-order chi connectivity index (χ0) is 33.0. The Balaban J connectivity index is 1.34. The molecule has 0 radical (unpaired) electrons. The fourth-order valence-electron chi connectivity index (χ4n) is 7.29. The van der Waals surface area contributed by atoms with Gasteiger partial charge in [-0.25, -0.2) is 0 Å². The van der Waals surface area contributed by atoms with E-state index in [2.05, 4.69) is 180 Å². The number of thiophene rings is 2. The maximum Gasteiger partial charge on any atom is 0.0709 e. The van der Waals surface area contributed by atoms with Crippen LogP contribution in [0.1, 0.15) is 0 Å². The van der Waals surface area contributed by atoms with Crippen LogP contribution < -0.4 is 9.80 Å². The molecule has 5 heteroatoms. The molecule has 0 N–H and O–H groups in total. The van der Waals surface area contributed by atoms with E-state index in [1.54, 1.807) is 0 Å². The molecule has 236 valence electrons. The molecule has 0 atom stereocenters. The Labute approximate surface area is 297 Å². The minimum atomic E-state index is 1.00. The van der Waals surface area contributed by atoms with Crippen LogP contribution >= 0.6 is 22.7 Å². The number of aromatic nitrogens is 1. The minimum absolute atomic E-state index is 1.00. The fourth-order valence-corrected chi connectivity index (χ4v) is 9.65. The number of rotatable bonds is 6. The minimum Gasteiger partial charge on any atom is -0.310 e. The molecule has 0 aliphatic carbocycles. The highest BCUT2D eigenvalue weighted by molar-refractivity contribution is 7.26. The van der Waals surface area contributed by atoms with Crippen LogP contribution in [-0.4, -0.2) is 4.98 Å². The summed E-state index contributed by atoms with van der Waals surface area (Å²) in [7, 11) is 0. The predicted octanol–water partition coefficient (Wildman–Crippen LogP) is 13.9. The van der Waals surface area contributed by atoms with Crippen molar-refractivity contribution in [1.29, 1.82) is 0 Å². The summed E-state index contributed by atoms with van der Waals surface area (Å²) < 4.78 is 4.96. The normalized spacial score (nSPS) is 11.6. The summed E-state index contributed by atoms with van der Waals surface area (Å²) in [6, 6.07) is 61.0. The molecular weight excluding hydrogens is 647 g/mol. The number of pyridine rings is 1. The number of hydrogen-bond acceptors (Lipinski definition) is 5. The van der Waals surface area contributed by atoms with Gasteiger partial charge in [-0.15, -0.1) is 22.7 Å². The van der Waals surface area contributed by atoms with Crippen molar-refractivity contribution in [3.8, 4) is 0 Å². The molecule has 7 aromatic carbocycles. The highest BCUT2D eigenvalue weighted by atomic mass is 32.1. The van der Waals surface area contributed by atoms with E-state index in [1.165, 1.54) is 51.4 Å². The van der Waals surface area contributed by atoms with Crippen molar-refractivity contribution in [2.75, 3.05) is 9.80 Å². The first-order valence-corrected chi connectivity index (χ1v) is 18.3. The van der Waals surface area contributed by atoms with Crippen molar-refractivity contribution < 1.29 is 0 Å². The average Bonchev–Trinajstić information content (AvgIpc) is 3.76. The van der Waals surface area contributed by atoms with Crippen molar-refractivity contribution in [2.45, 2.75) is 0 Å². The first kappa shape index (κ1) is 29.0. The summed E-state index contributed by atoms with van der Waals surface area (Å²) in [5, 5.41) is 6.21. The molecule has 0 saturated carbocycles. The summed E-state index contributed by atoms with van der Waals surface area (Å²) in [6.45, 7) is 0. The standard InChI is InChI=1S/C45H29N3S2/c1-4-15-30(16-5-1)47(31-17-6-2-7-18-31)39-27-33(28-41-44(39)43-36-22-10-12-24-37(36)46-29-42(43)49-41)48(32-19-8-3-9-20-32)38-25-14-23-35-34-21-11-13-26-40(34)50-45(35)38/h1-29H. The van der Waals surface area contributed by atoms with Crippen LogP contribution in [0.2, 0.25) is 0 Å². The van der Waals surface area contributed by atoms with E-state index in [4.69, 9.17) is 4.98 Å². The second-order valence-electron chi connectivity index (χ2n) is 12.4. The molecule has 3 aromatic heterocycles. The van der Waals surface area contributed by atoms with Gasteiger partial charge in [0.15, 0.2) is 0 Å². The fraction of sp³-hybridized carbons (Fsp3) is 0. The Bertz CT molecular complexity index is 2790. The summed E-state index contributed by atoms with van der Waals surface area (Å²) in [6.07, 6.45) is 2.05. The van der Waals surface area contributed by atoms with Crippen LogP contribution in [-0.2, 0) is 0 Å². The van der Waals surface area contributed by atoms with Gasteiger partial charge in [0, 0.05) is 65.3 Å². The highest BCUT2D eigenvalue weighted by Gasteiger charge is 2.25. The molecule has 0 saturated heterocycles. The van der Waals surface area contributed by atoms with E-state index in [0.29, 0.717) is 0 Å². The topological polar surface area (TPSA) is 19.4 Å². The first-order valence-electron chi connectivity index (χ1n) is 16.7.